The molecule has 0 spiro atoms. The first-order chi connectivity index (χ1) is 20.4. The molecule has 0 aromatic rings. The summed E-state index contributed by atoms with van der Waals surface area (Å²) in [6, 6.07) is -1.13. The number of hydrogen-bond acceptors (Lipinski definition) is 11. The van der Waals surface area contributed by atoms with Crippen LogP contribution in [0.4, 0.5) is 0 Å². The van der Waals surface area contributed by atoms with E-state index in [-0.39, 0.29) is 6.42 Å². The van der Waals surface area contributed by atoms with E-state index in [9.17, 15) is 38.7 Å². The van der Waals surface area contributed by atoms with E-state index in [1.165, 1.54) is 12.5 Å². The van der Waals surface area contributed by atoms with E-state index in [2.05, 4.69) is 23.3 Å². The molecule has 43 heavy (non-hydrogen) atoms. The summed E-state index contributed by atoms with van der Waals surface area (Å²) >= 11 is 0. The number of hydrogen-bond donors (Lipinski definition) is 7. The van der Waals surface area contributed by atoms with Crippen molar-refractivity contribution in [2.75, 3.05) is 13.2 Å². The zero-order valence-corrected chi connectivity index (χ0v) is 26.2. The van der Waals surface area contributed by atoms with Gasteiger partial charge in [-0.05, 0) is 38.5 Å². The Morgan fingerprint density at radius 2 is 1.53 bits per heavy atom. The number of carbonyl (C=O) groups is 1. The predicted molar refractivity (Wildman–Crippen MR) is 159 cm³/mol. The molecule has 8 unspecified atom stereocenters. The number of allylic oxidation sites excluding steroid dienone is 3. The van der Waals surface area contributed by atoms with Crippen molar-refractivity contribution in [2.24, 2.45) is 0 Å². The molecule has 8 atom stereocenters. The van der Waals surface area contributed by atoms with Gasteiger partial charge in [0, 0.05) is 0 Å². The first kappa shape index (κ1) is 39.6. The normalized spacial score (nSPS) is 25.3. The fraction of sp³-hybridized carbons (Fsp3) is 0.828. The maximum Gasteiger partial charge on any atom is 0.397 e. The lowest BCUT2D eigenvalue weighted by Crippen LogP contribution is -2.61. The van der Waals surface area contributed by atoms with Gasteiger partial charge in [-0.1, -0.05) is 76.7 Å². The average molecular weight is 640 g/mol. The lowest BCUT2D eigenvalue weighted by atomic mass is 9.99. The van der Waals surface area contributed by atoms with Crippen molar-refractivity contribution in [3.05, 3.63) is 24.3 Å². The zero-order chi connectivity index (χ0) is 32.3. The maximum atomic E-state index is 12.8. The standard InChI is InChI=1S/C29H53NO12S/c1-3-5-7-9-11-12-14-16-18-23(33)28(36)30-21(22(32)17-15-13-10-8-6-4-2)20-40-29-26(35)27(42-43(37,38)39)25(34)24(19-31)41-29/h12,14-15,17,21-27,29,31-35H,3-11,13,16,18-20H2,1-2H3,(H,30,36)(H,37,38,39)/b14-12-,17-15+. The molecule has 1 saturated heterocycles. The Hall–Kier alpha value is -1.46. The molecule has 1 heterocycles. The number of rotatable bonds is 23. The summed E-state index contributed by atoms with van der Waals surface area (Å²) in [4.78, 5) is 12.8. The van der Waals surface area contributed by atoms with E-state index in [4.69, 9.17) is 14.0 Å². The predicted octanol–water partition coefficient (Wildman–Crippen LogP) is 1.67. The van der Waals surface area contributed by atoms with Gasteiger partial charge < -0.3 is 40.3 Å². The highest BCUT2D eigenvalue weighted by Gasteiger charge is 2.48. The number of unbranched alkanes of at least 4 members (excludes halogenated alkanes) is 8. The van der Waals surface area contributed by atoms with Crippen molar-refractivity contribution in [1.29, 1.82) is 0 Å². The summed E-state index contributed by atoms with van der Waals surface area (Å²) < 4.78 is 46.8. The van der Waals surface area contributed by atoms with Gasteiger partial charge in [0.15, 0.2) is 6.29 Å². The molecule has 0 bridgehead atoms. The van der Waals surface area contributed by atoms with E-state index in [1.54, 1.807) is 6.08 Å². The Labute approximate surface area is 255 Å². The third-order valence-electron chi connectivity index (χ3n) is 7.09. The van der Waals surface area contributed by atoms with E-state index in [0.29, 0.717) is 12.8 Å². The largest absolute Gasteiger partial charge is 0.397 e. The molecule has 13 nitrogen and oxygen atoms in total. The van der Waals surface area contributed by atoms with Crippen LogP contribution < -0.4 is 5.32 Å². The first-order valence-corrected chi connectivity index (χ1v) is 16.7. The van der Waals surface area contributed by atoms with Crippen LogP contribution in [0.2, 0.25) is 0 Å². The Morgan fingerprint density at radius 3 is 2.12 bits per heavy atom. The molecular formula is C29H53NO12S. The van der Waals surface area contributed by atoms with Crippen LogP contribution in [0.5, 0.6) is 0 Å². The fourth-order valence-electron chi connectivity index (χ4n) is 4.52. The van der Waals surface area contributed by atoms with Crippen LogP contribution in [-0.2, 0) is 28.9 Å². The Balaban J connectivity index is 2.87. The first-order valence-electron chi connectivity index (χ1n) is 15.3. The topological polar surface area (TPSA) is 212 Å². The molecule has 1 rings (SSSR count). The monoisotopic (exact) mass is 639 g/mol. The molecule has 1 fully saturated rings. The minimum absolute atomic E-state index is 0.156. The number of amides is 1. The fourth-order valence-corrected chi connectivity index (χ4v) is 5.03. The van der Waals surface area contributed by atoms with Crippen molar-refractivity contribution in [2.45, 2.75) is 140 Å². The summed E-state index contributed by atoms with van der Waals surface area (Å²) in [6.45, 7) is 2.96. The van der Waals surface area contributed by atoms with Gasteiger partial charge in [0.2, 0.25) is 5.91 Å². The highest BCUT2D eigenvalue weighted by molar-refractivity contribution is 7.80. The van der Waals surface area contributed by atoms with Crippen molar-refractivity contribution >= 4 is 16.3 Å². The summed E-state index contributed by atoms with van der Waals surface area (Å²) in [5, 5.41) is 54.1. The van der Waals surface area contributed by atoms with Gasteiger partial charge >= 0.3 is 10.4 Å². The molecule has 1 aliphatic heterocycles. The maximum absolute atomic E-state index is 12.8. The van der Waals surface area contributed by atoms with Crippen LogP contribution in [0, 0.1) is 0 Å². The van der Waals surface area contributed by atoms with Crippen LogP contribution >= 0.6 is 0 Å². The quantitative estimate of drug-likeness (QED) is 0.0483. The SMILES string of the molecule is CCCCCC/C=C\CCC(O)C(=O)NC(COC1OC(CO)C(O)C(OS(=O)(=O)O)C1O)C(O)/C=C/CCCCCC. The van der Waals surface area contributed by atoms with Crippen molar-refractivity contribution < 1.29 is 57.0 Å². The van der Waals surface area contributed by atoms with Crippen LogP contribution in [0.15, 0.2) is 24.3 Å². The minimum atomic E-state index is -5.10. The summed E-state index contributed by atoms with van der Waals surface area (Å²) in [6.07, 6.45) is 6.67. The number of nitrogens with one attached hydrogen (secondary N) is 1. The minimum Gasteiger partial charge on any atom is -0.394 e. The second kappa shape index (κ2) is 22.1. The summed E-state index contributed by atoms with van der Waals surface area (Å²) in [7, 11) is -5.10. The molecule has 0 radical (unpaired) electrons. The molecule has 7 N–H and O–H groups in total. The van der Waals surface area contributed by atoms with Gasteiger partial charge in [0.1, 0.15) is 30.5 Å². The van der Waals surface area contributed by atoms with Crippen LogP contribution in [-0.4, -0.2) is 107 Å². The molecule has 0 saturated carbocycles. The Kier molecular flexibility index (Phi) is 20.3. The van der Waals surface area contributed by atoms with Crippen molar-refractivity contribution in [3.63, 3.8) is 0 Å². The van der Waals surface area contributed by atoms with E-state index < -0.39 is 78.5 Å². The second-order valence-corrected chi connectivity index (χ2v) is 11.9. The highest BCUT2D eigenvalue weighted by atomic mass is 32.3. The van der Waals surface area contributed by atoms with Crippen molar-refractivity contribution in [3.8, 4) is 0 Å². The second-order valence-electron chi connectivity index (χ2n) is 10.8. The smallest absolute Gasteiger partial charge is 0.394 e. The zero-order valence-electron chi connectivity index (χ0n) is 25.4. The van der Waals surface area contributed by atoms with E-state index >= 15 is 0 Å². The average Bonchev–Trinajstić information content (AvgIpc) is 2.96. The lowest BCUT2D eigenvalue weighted by molar-refractivity contribution is -0.298. The van der Waals surface area contributed by atoms with Crippen LogP contribution in [0.25, 0.3) is 0 Å². The number of aliphatic hydroxyl groups excluding tert-OH is 5. The molecule has 1 aliphatic rings. The molecule has 252 valence electrons. The van der Waals surface area contributed by atoms with Crippen LogP contribution in [0.3, 0.4) is 0 Å². The Morgan fingerprint density at radius 1 is 0.930 bits per heavy atom. The molecule has 0 aromatic heterocycles. The van der Waals surface area contributed by atoms with E-state index in [1.807, 2.05) is 12.2 Å². The molecular weight excluding hydrogens is 586 g/mol. The number of carbonyl (C=O) groups excluding carboxylic acids is 1. The third-order valence-corrected chi connectivity index (χ3v) is 7.56. The third kappa shape index (κ3) is 16.4. The van der Waals surface area contributed by atoms with Gasteiger partial charge in [0.25, 0.3) is 0 Å². The molecule has 0 aliphatic carbocycles. The van der Waals surface area contributed by atoms with Gasteiger partial charge in [-0.25, -0.2) is 4.18 Å². The number of aliphatic hydroxyl groups is 5. The van der Waals surface area contributed by atoms with Gasteiger partial charge in [-0.3, -0.25) is 9.35 Å². The van der Waals surface area contributed by atoms with Crippen LogP contribution in [0.1, 0.15) is 90.9 Å². The summed E-state index contributed by atoms with van der Waals surface area (Å²) in [5.74, 6) is -0.748. The lowest BCUT2D eigenvalue weighted by Gasteiger charge is -2.41. The molecule has 0 aromatic carbocycles. The van der Waals surface area contributed by atoms with Gasteiger partial charge in [0.05, 0.1) is 25.4 Å². The Bertz CT molecular complexity index is 915. The van der Waals surface area contributed by atoms with E-state index in [0.717, 1.165) is 51.4 Å². The summed E-state index contributed by atoms with van der Waals surface area (Å²) in [5.41, 5.74) is 0. The highest BCUT2D eigenvalue weighted by Crippen LogP contribution is 2.25. The van der Waals surface area contributed by atoms with Crippen molar-refractivity contribution in [1.82, 2.24) is 5.32 Å². The van der Waals surface area contributed by atoms with Gasteiger partial charge in [-0.15, -0.1) is 0 Å². The van der Waals surface area contributed by atoms with Gasteiger partial charge in [-0.2, -0.15) is 8.42 Å². The molecule has 14 heteroatoms. The number of ether oxygens (including phenoxy) is 2. The molecule has 1 amide bonds.